The van der Waals surface area contributed by atoms with Crippen molar-refractivity contribution in [1.29, 1.82) is 5.26 Å². The second kappa shape index (κ2) is 6.21. The van der Waals surface area contributed by atoms with Gasteiger partial charge in [0.2, 0.25) is 0 Å². The van der Waals surface area contributed by atoms with Crippen LogP contribution in [0.25, 0.3) is 0 Å². The van der Waals surface area contributed by atoms with E-state index in [1.807, 2.05) is 0 Å². The van der Waals surface area contributed by atoms with Gasteiger partial charge in [-0.05, 0) is 42.7 Å². The fourth-order valence-electron chi connectivity index (χ4n) is 2.55. The molecule has 1 nitrogen and oxygen atoms in total. The Hall–Kier alpha value is -1.81. The van der Waals surface area contributed by atoms with Crippen LogP contribution in [-0.2, 0) is 0 Å². The summed E-state index contributed by atoms with van der Waals surface area (Å²) >= 11 is 0. The van der Waals surface area contributed by atoms with Crippen LogP contribution in [0.3, 0.4) is 0 Å². The first-order valence-electron chi connectivity index (χ1n) is 6.60. The van der Waals surface area contributed by atoms with Crippen LogP contribution in [0.2, 0.25) is 0 Å². The molecule has 0 saturated carbocycles. The van der Waals surface area contributed by atoms with Crippen molar-refractivity contribution in [2.24, 2.45) is 0 Å². The van der Waals surface area contributed by atoms with Crippen LogP contribution in [0.15, 0.2) is 54.1 Å². The molecule has 0 fully saturated rings. The normalized spacial score (nSPS) is 18.8. The first kappa shape index (κ1) is 12.6. The lowest BCUT2D eigenvalue weighted by atomic mass is 9.82. The van der Waals surface area contributed by atoms with Crippen LogP contribution >= 0.6 is 0 Å². The minimum Gasteiger partial charge on any atom is -0.198 e. The van der Waals surface area contributed by atoms with Crippen molar-refractivity contribution in [2.75, 3.05) is 0 Å². The minimum atomic E-state index is 0.582. The maximum Gasteiger partial charge on any atom is 0.0625 e. The van der Waals surface area contributed by atoms with Gasteiger partial charge in [0.25, 0.3) is 0 Å². The minimum absolute atomic E-state index is 0.582. The van der Waals surface area contributed by atoms with E-state index in [0.29, 0.717) is 12.3 Å². The summed E-state index contributed by atoms with van der Waals surface area (Å²) in [6.07, 6.45) is 7.12. The molecule has 1 aliphatic rings. The molecule has 1 aromatic carbocycles. The topological polar surface area (TPSA) is 23.8 Å². The van der Waals surface area contributed by atoms with Crippen LogP contribution in [0.4, 0.5) is 0 Å². The molecule has 0 aliphatic heterocycles. The molecule has 0 aromatic heterocycles. The van der Waals surface area contributed by atoms with Crippen molar-refractivity contribution in [1.82, 2.24) is 0 Å². The number of nitriles is 1. The molecule has 1 atom stereocenters. The molecule has 1 aliphatic carbocycles. The largest absolute Gasteiger partial charge is 0.198 e. The molecule has 92 valence electrons. The molecule has 1 aromatic rings. The lowest BCUT2D eigenvalue weighted by Crippen LogP contribution is -2.05. The van der Waals surface area contributed by atoms with E-state index in [1.165, 1.54) is 17.6 Å². The van der Waals surface area contributed by atoms with Crippen LogP contribution in [-0.4, -0.2) is 0 Å². The average Bonchev–Trinajstić information content (AvgIpc) is 2.46. The molecule has 1 unspecified atom stereocenters. The lowest BCUT2D eigenvalue weighted by Gasteiger charge is -2.23. The standard InChI is InChI=1S/C17H19N/c1-14(6-5-13-18)15-9-11-17(12-10-15)16-7-3-2-4-8-16/h2-4,7-9,17H,1,5-6,10-12H2. The van der Waals surface area contributed by atoms with Gasteiger partial charge in [0.05, 0.1) is 6.07 Å². The Morgan fingerprint density at radius 2 is 2.11 bits per heavy atom. The number of rotatable bonds is 4. The fourth-order valence-corrected chi connectivity index (χ4v) is 2.55. The van der Waals surface area contributed by atoms with E-state index in [9.17, 15) is 0 Å². The van der Waals surface area contributed by atoms with Crippen molar-refractivity contribution in [3.63, 3.8) is 0 Å². The molecule has 0 heterocycles. The highest BCUT2D eigenvalue weighted by atomic mass is 14.2. The van der Waals surface area contributed by atoms with Gasteiger partial charge in [-0.25, -0.2) is 0 Å². The summed E-state index contributed by atoms with van der Waals surface area (Å²) in [5, 5.41) is 8.59. The Balaban J connectivity index is 1.96. The molecule has 0 spiro atoms. The van der Waals surface area contributed by atoms with Gasteiger partial charge < -0.3 is 0 Å². The van der Waals surface area contributed by atoms with Crippen LogP contribution in [0, 0.1) is 11.3 Å². The third kappa shape index (κ3) is 3.11. The quantitative estimate of drug-likeness (QED) is 0.742. The van der Waals surface area contributed by atoms with Gasteiger partial charge in [-0.3, -0.25) is 0 Å². The first-order chi connectivity index (χ1) is 8.81. The molecule has 0 saturated heterocycles. The van der Waals surface area contributed by atoms with Gasteiger partial charge in [0, 0.05) is 6.42 Å². The van der Waals surface area contributed by atoms with Crippen molar-refractivity contribution >= 4 is 0 Å². The van der Waals surface area contributed by atoms with Gasteiger partial charge in [-0.1, -0.05) is 48.6 Å². The van der Waals surface area contributed by atoms with E-state index in [1.54, 1.807) is 0 Å². The van der Waals surface area contributed by atoms with E-state index in [-0.39, 0.29) is 0 Å². The predicted molar refractivity (Wildman–Crippen MR) is 75.1 cm³/mol. The Morgan fingerprint density at radius 1 is 1.33 bits per heavy atom. The maximum atomic E-state index is 8.59. The van der Waals surface area contributed by atoms with Crippen molar-refractivity contribution in [2.45, 2.75) is 38.0 Å². The highest BCUT2D eigenvalue weighted by Crippen LogP contribution is 2.34. The number of nitrogens with zero attached hydrogens (tertiary/aromatic N) is 1. The summed E-state index contributed by atoms with van der Waals surface area (Å²) in [7, 11) is 0. The van der Waals surface area contributed by atoms with Crippen molar-refractivity contribution in [3.05, 3.63) is 59.7 Å². The third-order valence-electron chi connectivity index (χ3n) is 3.67. The zero-order valence-electron chi connectivity index (χ0n) is 10.7. The van der Waals surface area contributed by atoms with Gasteiger partial charge in [-0.2, -0.15) is 5.26 Å². The summed E-state index contributed by atoms with van der Waals surface area (Å²) in [4.78, 5) is 0. The average molecular weight is 237 g/mol. The first-order valence-corrected chi connectivity index (χ1v) is 6.60. The Morgan fingerprint density at radius 3 is 2.72 bits per heavy atom. The van der Waals surface area contributed by atoms with Crippen LogP contribution < -0.4 is 0 Å². The van der Waals surface area contributed by atoms with E-state index < -0.39 is 0 Å². The smallest absolute Gasteiger partial charge is 0.0625 e. The SMILES string of the molecule is C=C(CCC#N)C1=CCC(c2ccccc2)CC1. The zero-order valence-corrected chi connectivity index (χ0v) is 10.7. The van der Waals surface area contributed by atoms with E-state index >= 15 is 0 Å². The van der Waals surface area contributed by atoms with Gasteiger partial charge >= 0.3 is 0 Å². The molecule has 1 heteroatoms. The second-order valence-electron chi connectivity index (χ2n) is 4.87. The van der Waals surface area contributed by atoms with E-state index in [4.69, 9.17) is 5.26 Å². The maximum absolute atomic E-state index is 8.59. The van der Waals surface area contributed by atoms with Crippen LogP contribution in [0.1, 0.15) is 43.6 Å². The van der Waals surface area contributed by atoms with Crippen molar-refractivity contribution < 1.29 is 0 Å². The van der Waals surface area contributed by atoms with Gasteiger partial charge in [0.15, 0.2) is 0 Å². The zero-order chi connectivity index (χ0) is 12.8. The summed E-state index contributed by atoms with van der Waals surface area (Å²) in [5.41, 5.74) is 3.97. The summed E-state index contributed by atoms with van der Waals surface area (Å²) in [5.74, 6) is 0.652. The number of hydrogen-bond donors (Lipinski definition) is 0. The molecule has 18 heavy (non-hydrogen) atoms. The molecule has 0 amide bonds. The van der Waals surface area contributed by atoms with Gasteiger partial charge in [-0.15, -0.1) is 0 Å². The third-order valence-corrected chi connectivity index (χ3v) is 3.67. The summed E-state index contributed by atoms with van der Waals surface area (Å²) < 4.78 is 0. The molecule has 0 N–H and O–H groups in total. The Labute approximate surface area is 109 Å². The van der Waals surface area contributed by atoms with E-state index in [0.717, 1.165) is 24.8 Å². The Kier molecular flexibility index (Phi) is 4.36. The predicted octanol–water partition coefficient (Wildman–Crippen LogP) is 4.74. The van der Waals surface area contributed by atoms with E-state index in [2.05, 4.69) is 49.1 Å². The monoisotopic (exact) mass is 237 g/mol. The fraction of sp³-hybridized carbons (Fsp3) is 0.353. The summed E-state index contributed by atoms with van der Waals surface area (Å²) in [6, 6.07) is 12.9. The van der Waals surface area contributed by atoms with Gasteiger partial charge in [0.1, 0.15) is 0 Å². The highest BCUT2D eigenvalue weighted by molar-refractivity contribution is 5.32. The number of hydrogen-bond acceptors (Lipinski definition) is 1. The molecule has 2 rings (SSSR count). The second-order valence-corrected chi connectivity index (χ2v) is 4.87. The number of benzene rings is 1. The molecule has 0 radical (unpaired) electrons. The molecular formula is C17H19N. The molecule has 0 bridgehead atoms. The van der Waals surface area contributed by atoms with Crippen molar-refractivity contribution in [3.8, 4) is 6.07 Å². The Bertz CT molecular complexity index is 476. The highest BCUT2D eigenvalue weighted by Gasteiger charge is 2.16. The lowest BCUT2D eigenvalue weighted by molar-refractivity contribution is 0.600. The summed E-state index contributed by atoms with van der Waals surface area (Å²) in [6.45, 7) is 4.09. The number of allylic oxidation sites excluding steroid dienone is 3. The van der Waals surface area contributed by atoms with Crippen LogP contribution in [0.5, 0.6) is 0 Å². The molecular weight excluding hydrogens is 218 g/mol.